The van der Waals surface area contributed by atoms with Crippen molar-refractivity contribution in [1.29, 1.82) is 0 Å². The van der Waals surface area contributed by atoms with Gasteiger partial charge in [0, 0.05) is 30.6 Å². The maximum atomic E-state index is 12.8. The van der Waals surface area contributed by atoms with Gasteiger partial charge in [-0.2, -0.15) is 14.5 Å². The molecule has 1 amide bonds. The molecule has 1 aliphatic carbocycles. The SMILES string of the molecule is O=C(NC1CC1)c1nn(-c2ccnc(C#Cc3ccc[n+]([O-])c3)n2)c2ncccc2c1=O. The van der Waals surface area contributed by atoms with Crippen molar-refractivity contribution in [2.24, 2.45) is 0 Å². The average molecular weight is 425 g/mol. The highest BCUT2D eigenvalue weighted by Crippen LogP contribution is 2.19. The van der Waals surface area contributed by atoms with Gasteiger partial charge in [0.2, 0.25) is 11.3 Å². The molecule has 0 aromatic carbocycles. The molecule has 4 heterocycles. The third-order valence-electron chi connectivity index (χ3n) is 4.73. The molecule has 0 atom stereocenters. The van der Waals surface area contributed by atoms with Crippen LogP contribution in [0, 0.1) is 17.0 Å². The summed E-state index contributed by atoms with van der Waals surface area (Å²) in [5, 5.41) is 18.7. The number of carbonyl (C=O) groups excluding carboxylic acids is 1. The van der Waals surface area contributed by atoms with Crippen molar-refractivity contribution in [3.8, 4) is 17.7 Å². The summed E-state index contributed by atoms with van der Waals surface area (Å²) in [7, 11) is 0. The first-order chi connectivity index (χ1) is 15.6. The van der Waals surface area contributed by atoms with Crippen LogP contribution in [0.25, 0.3) is 16.9 Å². The molecule has 1 N–H and O–H groups in total. The number of hydrogen-bond donors (Lipinski definition) is 1. The maximum Gasteiger partial charge on any atom is 0.276 e. The van der Waals surface area contributed by atoms with Crippen molar-refractivity contribution in [2.75, 3.05) is 0 Å². The van der Waals surface area contributed by atoms with E-state index in [1.165, 1.54) is 29.5 Å². The summed E-state index contributed by atoms with van der Waals surface area (Å²) >= 11 is 0. The highest BCUT2D eigenvalue weighted by Gasteiger charge is 2.27. The first-order valence-corrected chi connectivity index (χ1v) is 9.82. The van der Waals surface area contributed by atoms with E-state index in [2.05, 4.69) is 37.2 Å². The zero-order valence-corrected chi connectivity index (χ0v) is 16.6. The molecular formula is C22H15N7O3. The number of rotatable bonds is 3. The second-order valence-electron chi connectivity index (χ2n) is 7.15. The topological polar surface area (TPSA) is 130 Å². The number of carbonyl (C=O) groups is 1. The lowest BCUT2D eigenvalue weighted by Crippen LogP contribution is -2.33. The fourth-order valence-electron chi connectivity index (χ4n) is 3.04. The number of hydrogen-bond acceptors (Lipinski definition) is 7. The van der Waals surface area contributed by atoms with E-state index in [9.17, 15) is 14.8 Å². The van der Waals surface area contributed by atoms with Crippen molar-refractivity contribution in [2.45, 2.75) is 18.9 Å². The molecule has 156 valence electrons. The van der Waals surface area contributed by atoms with Crippen molar-refractivity contribution in [3.05, 3.63) is 87.6 Å². The predicted molar refractivity (Wildman–Crippen MR) is 113 cm³/mol. The lowest BCUT2D eigenvalue weighted by atomic mass is 10.2. The molecule has 1 saturated carbocycles. The Morgan fingerprint density at radius 1 is 1.16 bits per heavy atom. The van der Waals surface area contributed by atoms with Gasteiger partial charge in [0.1, 0.15) is 0 Å². The van der Waals surface area contributed by atoms with Crippen LogP contribution >= 0.6 is 0 Å². The monoisotopic (exact) mass is 425 g/mol. The van der Waals surface area contributed by atoms with Crippen molar-refractivity contribution in [1.82, 2.24) is 30.0 Å². The van der Waals surface area contributed by atoms with Crippen LogP contribution < -0.4 is 15.5 Å². The summed E-state index contributed by atoms with van der Waals surface area (Å²) in [5.41, 5.74) is 0.0390. The fourth-order valence-corrected chi connectivity index (χ4v) is 3.04. The minimum absolute atomic E-state index is 0.0773. The maximum absolute atomic E-state index is 12.8. The van der Waals surface area contributed by atoms with Crippen LogP contribution in [0.4, 0.5) is 0 Å². The summed E-state index contributed by atoms with van der Waals surface area (Å²) in [6.07, 6.45) is 7.48. The Hall–Kier alpha value is -4.65. The van der Waals surface area contributed by atoms with Crippen LogP contribution in [0.2, 0.25) is 0 Å². The Morgan fingerprint density at radius 2 is 2.03 bits per heavy atom. The number of amides is 1. The number of nitrogens with zero attached hydrogens (tertiary/aromatic N) is 6. The second-order valence-corrected chi connectivity index (χ2v) is 7.15. The summed E-state index contributed by atoms with van der Waals surface area (Å²) in [4.78, 5) is 38.2. The molecule has 1 fully saturated rings. The molecule has 10 nitrogen and oxygen atoms in total. The average Bonchev–Trinajstić information content (AvgIpc) is 3.62. The van der Waals surface area contributed by atoms with Crippen LogP contribution in [0.15, 0.2) is 59.9 Å². The van der Waals surface area contributed by atoms with E-state index in [0.29, 0.717) is 16.1 Å². The van der Waals surface area contributed by atoms with Gasteiger partial charge in [0.25, 0.3) is 5.91 Å². The molecule has 0 radical (unpaired) electrons. The standard InChI is InChI=1S/C22H15N7O3/c30-20-16-4-1-10-24-21(16)29(27-19(20)22(31)25-15-6-7-15)18-9-11-23-17(26-18)8-5-14-3-2-12-28(32)13-14/h1-4,9-13,15H,6-7H2,(H,25,31). The van der Waals surface area contributed by atoms with Gasteiger partial charge in [0.05, 0.1) is 10.9 Å². The lowest BCUT2D eigenvalue weighted by molar-refractivity contribution is -0.605. The second kappa shape index (κ2) is 7.88. The molecule has 0 unspecified atom stereocenters. The van der Waals surface area contributed by atoms with Gasteiger partial charge in [0.15, 0.2) is 29.6 Å². The van der Waals surface area contributed by atoms with E-state index in [1.807, 2.05) is 0 Å². The predicted octanol–water partition coefficient (Wildman–Crippen LogP) is 0.496. The largest absolute Gasteiger partial charge is 0.619 e. The quantitative estimate of drug-likeness (QED) is 0.287. The van der Waals surface area contributed by atoms with Crippen molar-refractivity contribution in [3.63, 3.8) is 0 Å². The summed E-state index contributed by atoms with van der Waals surface area (Å²) in [5.74, 6) is 5.58. The Labute approximate surface area is 181 Å². The number of pyridine rings is 2. The van der Waals surface area contributed by atoms with E-state index >= 15 is 0 Å². The van der Waals surface area contributed by atoms with Crippen molar-refractivity contribution >= 4 is 16.9 Å². The van der Waals surface area contributed by atoms with Gasteiger partial charge >= 0.3 is 0 Å². The van der Waals surface area contributed by atoms with Crippen LogP contribution in [-0.4, -0.2) is 36.7 Å². The molecule has 0 aliphatic heterocycles. The van der Waals surface area contributed by atoms with E-state index in [0.717, 1.165) is 12.8 Å². The minimum atomic E-state index is -0.527. The smallest absolute Gasteiger partial charge is 0.276 e. The highest BCUT2D eigenvalue weighted by atomic mass is 16.5. The third kappa shape index (κ3) is 3.87. The third-order valence-corrected chi connectivity index (χ3v) is 4.73. The Kier molecular flexibility index (Phi) is 4.76. The lowest BCUT2D eigenvalue weighted by Gasteiger charge is -2.10. The fraction of sp³-hybridized carbons (Fsp3) is 0.136. The van der Waals surface area contributed by atoms with Gasteiger partial charge in [-0.05, 0) is 37.0 Å². The summed E-state index contributed by atoms with van der Waals surface area (Å²) in [6.45, 7) is 0. The van der Waals surface area contributed by atoms with E-state index < -0.39 is 11.3 Å². The van der Waals surface area contributed by atoms with Gasteiger partial charge in [-0.1, -0.05) is 5.92 Å². The molecule has 10 heteroatoms. The molecular weight excluding hydrogens is 410 g/mol. The summed E-state index contributed by atoms with van der Waals surface area (Å²) < 4.78 is 1.98. The first-order valence-electron chi connectivity index (χ1n) is 9.82. The Balaban J connectivity index is 1.60. The number of fused-ring (bicyclic) bond motifs is 1. The van der Waals surface area contributed by atoms with Crippen LogP contribution in [0.1, 0.15) is 34.7 Å². The zero-order chi connectivity index (χ0) is 22.1. The van der Waals surface area contributed by atoms with Gasteiger partial charge in [-0.15, -0.1) is 0 Å². The van der Waals surface area contributed by atoms with E-state index in [-0.39, 0.29) is 28.6 Å². The molecule has 0 spiro atoms. The minimum Gasteiger partial charge on any atom is -0.619 e. The van der Waals surface area contributed by atoms with Crippen molar-refractivity contribution < 1.29 is 9.52 Å². The van der Waals surface area contributed by atoms with Crippen LogP contribution in [0.3, 0.4) is 0 Å². The molecule has 5 rings (SSSR count). The first kappa shape index (κ1) is 19.3. The zero-order valence-electron chi connectivity index (χ0n) is 16.6. The molecule has 1 aliphatic rings. The van der Waals surface area contributed by atoms with Gasteiger partial charge in [-0.25, -0.2) is 15.0 Å². The molecule has 32 heavy (non-hydrogen) atoms. The Morgan fingerprint density at radius 3 is 2.84 bits per heavy atom. The van der Waals surface area contributed by atoms with E-state index in [1.54, 1.807) is 30.3 Å². The molecule has 4 aromatic rings. The normalized spacial score (nSPS) is 12.8. The van der Waals surface area contributed by atoms with Gasteiger partial charge in [-0.3, -0.25) is 9.59 Å². The molecule has 0 bridgehead atoms. The summed E-state index contributed by atoms with van der Waals surface area (Å²) in [6, 6.07) is 8.14. The number of nitrogens with one attached hydrogen (secondary N) is 1. The van der Waals surface area contributed by atoms with Crippen LogP contribution in [-0.2, 0) is 0 Å². The van der Waals surface area contributed by atoms with Gasteiger partial charge < -0.3 is 10.5 Å². The Bertz CT molecular complexity index is 1480. The van der Waals surface area contributed by atoms with E-state index in [4.69, 9.17) is 0 Å². The molecule has 0 saturated heterocycles. The molecule has 4 aromatic heterocycles. The van der Waals surface area contributed by atoms with Crippen LogP contribution in [0.5, 0.6) is 0 Å². The highest BCUT2D eigenvalue weighted by molar-refractivity contribution is 5.95. The number of aromatic nitrogens is 6.